The molecule has 0 saturated heterocycles. The van der Waals surface area contributed by atoms with Gasteiger partial charge in [-0.2, -0.15) is 0 Å². The highest BCUT2D eigenvalue weighted by Crippen LogP contribution is 2.27. The Morgan fingerprint density at radius 3 is 2.46 bits per heavy atom. The lowest BCUT2D eigenvalue weighted by Crippen LogP contribution is -2.25. The molecular formula is C18H25N3O3. The molecule has 0 radical (unpaired) electrons. The summed E-state index contributed by atoms with van der Waals surface area (Å²) in [5.74, 6) is 0.877. The molecule has 0 saturated carbocycles. The standard InChI is InChI=1S/C18H25N3O3/c1-23-15-8-7-9-16(24-2)17(15)18(22)20-10-5-3-4-6-12-21-13-11-19-14-21/h7-9,11,13-14H,3-6,10,12H2,1-2H3,(H,20,22). The molecule has 2 rings (SSSR count). The molecule has 0 aliphatic rings. The zero-order valence-corrected chi connectivity index (χ0v) is 14.3. The quantitative estimate of drug-likeness (QED) is 0.680. The average molecular weight is 331 g/mol. The number of carbonyl (C=O) groups is 1. The highest BCUT2D eigenvalue weighted by atomic mass is 16.5. The van der Waals surface area contributed by atoms with Crippen LogP contribution in [-0.2, 0) is 6.54 Å². The molecule has 0 aliphatic carbocycles. The normalized spacial score (nSPS) is 10.4. The Morgan fingerprint density at radius 1 is 1.12 bits per heavy atom. The molecule has 0 spiro atoms. The van der Waals surface area contributed by atoms with Crippen LogP contribution in [0.15, 0.2) is 36.9 Å². The van der Waals surface area contributed by atoms with Crippen LogP contribution in [-0.4, -0.2) is 36.2 Å². The van der Waals surface area contributed by atoms with Crippen LogP contribution >= 0.6 is 0 Å². The van der Waals surface area contributed by atoms with Crippen molar-refractivity contribution in [1.29, 1.82) is 0 Å². The number of imidazole rings is 1. The van der Waals surface area contributed by atoms with Gasteiger partial charge in [0.15, 0.2) is 0 Å². The van der Waals surface area contributed by atoms with Crippen LogP contribution < -0.4 is 14.8 Å². The van der Waals surface area contributed by atoms with Gasteiger partial charge < -0.3 is 19.4 Å². The summed E-state index contributed by atoms with van der Waals surface area (Å²) in [6.45, 7) is 1.63. The number of amides is 1. The first-order valence-corrected chi connectivity index (χ1v) is 8.21. The number of rotatable bonds is 10. The summed E-state index contributed by atoms with van der Waals surface area (Å²) in [6.07, 6.45) is 9.88. The molecule has 1 heterocycles. The number of ether oxygens (including phenoxy) is 2. The molecule has 0 atom stereocenters. The van der Waals surface area contributed by atoms with E-state index in [1.54, 1.807) is 38.6 Å². The molecular weight excluding hydrogens is 306 g/mol. The molecule has 2 aromatic rings. The average Bonchev–Trinajstić information content (AvgIpc) is 3.13. The predicted molar refractivity (Wildman–Crippen MR) is 92.6 cm³/mol. The second kappa shape index (κ2) is 9.60. The van der Waals surface area contributed by atoms with Crippen molar-refractivity contribution in [3.63, 3.8) is 0 Å². The number of hydrogen-bond acceptors (Lipinski definition) is 4. The first-order chi connectivity index (χ1) is 11.8. The number of aromatic nitrogens is 2. The Labute approximate surface area is 142 Å². The lowest BCUT2D eigenvalue weighted by Gasteiger charge is -2.13. The van der Waals surface area contributed by atoms with Gasteiger partial charge in [0.05, 0.1) is 20.5 Å². The van der Waals surface area contributed by atoms with Crippen molar-refractivity contribution >= 4 is 5.91 Å². The molecule has 1 N–H and O–H groups in total. The molecule has 1 amide bonds. The van der Waals surface area contributed by atoms with E-state index in [9.17, 15) is 4.79 Å². The topological polar surface area (TPSA) is 65.4 Å². The van der Waals surface area contributed by atoms with Gasteiger partial charge in [0, 0.05) is 25.5 Å². The lowest BCUT2D eigenvalue weighted by atomic mass is 10.1. The summed E-state index contributed by atoms with van der Waals surface area (Å²) in [6, 6.07) is 5.32. The first kappa shape index (κ1) is 17.8. The van der Waals surface area contributed by atoms with Crippen molar-refractivity contribution in [3.05, 3.63) is 42.5 Å². The number of unbranched alkanes of at least 4 members (excludes halogenated alkanes) is 3. The molecule has 0 bridgehead atoms. The molecule has 6 nitrogen and oxygen atoms in total. The summed E-state index contributed by atoms with van der Waals surface area (Å²) < 4.78 is 12.6. The molecule has 1 aromatic heterocycles. The van der Waals surface area contributed by atoms with Crippen LogP contribution in [0.2, 0.25) is 0 Å². The zero-order valence-electron chi connectivity index (χ0n) is 14.3. The number of benzene rings is 1. The maximum atomic E-state index is 12.4. The lowest BCUT2D eigenvalue weighted by molar-refractivity contribution is 0.0946. The summed E-state index contributed by atoms with van der Waals surface area (Å²) in [4.78, 5) is 16.4. The maximum Gasteiger partial charge on any atom is 0.258 e. The summed E-state index contributed by atoms with van der Waals surface area (Å²) in [5, 5.41) is 2.94. The minimum Gasteiger partial charge on any atom is -0.496 e. The third kappa shape index (κ3) is 5.01. The van der Waals surface area contributed by atoms with Crippen molar-refractivity contribution in [2.24, 2.45) is 0 Å². The molecule has 1 aromatic carbocycles. The number of methoxy groups -OCH3 is 2. The molecule has 0 unspecified atom stereocenters. The SMILES string of the molecule is COc1cccc(OC)c1C(=O)NCCCCCCn1ccnc1. The van der Waals surface area contributed by atoms with E-state index < -0.39 is 0 Å². The van der Waals surface area contributed by atoms with Crippen LogP contribution in [0.4, 0.5) is 0 Å². The Hall–Kier alpha value is -2.50. The number of nitrogens with zero attached hydrogens (tertiary/aromatic N) is 2. The highest BCUT2D eigenvalue weighted by Gasteiger charge is 2.17. The third-order valence-corrected chi connectivity index (χ3v) is 3.84. The Morgan fingerprint density at radius 2 is 1.83 bits per heavy atom. The van der Waals surface area contributed by atoms with Crippen LogP contribution in [0.3, 0.4) is 0 Å². The summed E-state index contributed by atoms with van der Waals surface area (Å²) in [7, 11) is 3.09. The Balaban J connectivity index is 1.70. The molecule has 0 aliphatic heterocycles. The van der Waals surface area contributed by atoms with Gasteiger partial charge in [0.1, 0.15) is 17.1 Å². The number of nitrogens with one attached hydrogen (secondary N) is 1. The van der Waals surface area contributed by atoms with Crippen molar-refractivity contribution in [1.82, 2.24) is 14.9 Å². The zero-order chi connectivity index (χ0) is 17.2. The van der Waals surface area contributed by atoms with Gasteiger partial charge in [0.25, 0.3) is 5.91 Å². The van der Waals surface area contributed by atoms with Gasteiger partial charge in [-0.1, -0.05) is 18.9 Å². The van der Waals surface area contributed by atoms with Gasteiger partial charge in [0.2, 0.25) is 0 Å². The minimum absolute atomic E-state index is 0.164. The fourth-order valence-corrected chi connectivity index (χ4v) is 2.56. The van der Waals surface area contributed by atoms with Gasteiger partial charge in [-0.25, -0.2) is 4.98 Å². The molecule has 0 fully saturated rings. The van der Waals surface area contributed by atoms with Gasteiger partial charge >= 0.3 is 0 Å². The van der Waals surface area contributed by atoms with Crippen LogP contribution in [0.5, 0.6) is 11.5 Å². The Bertz CT molecular complexity index is 604. The first-order valence-electron chi connectivity index (χ1n) is 8.21. The number of carbonyl (C=O) groups excluding carboxylic acids is 1. The third-order valence-electron chi connectivity index (χ3n) is 3.84. The summed E-state index contributed by atoms with van der Waals surface area (Å²) >= 11 is 0. The van der Waals surface area contributed by atoms with Crippen molar-refractivity contribution < 1.29 is 14.3 Å². The van der Waals surface area contributed by atoms with E-state index in [0.717, 1.165) is 32.2 Å². The molecule has 24 heavy (non-hydrogen) atoms. The molecule has 6 heteroatoms. The van der Waals surface area contributed by atoms with Gasteiger partial charge in [-0.05, 0) is 25.0 Å². The predicted octanol–water partition coefficient (Wildman–Crippen LogP) is 2.89. The van der Waals surface area contributed by atoms with Crippen molar-refractivity contribution in [2.75, 3.05) is 20.8 Å². The van der Waals surface area contributed by atoms with Crippen molar-refractivity contribution in [3.8, 4) is 11.5 Å². The minimum atomic E-state index is -0.164. The van der Waals surface area contributed by atoms with E-state index in [1.807, 2.05) is 12.5 Å². The maximum absolute atomic E-state index is 12.4. The van der Waals surface area contributed by atoms with Crippen LogP contribution in [0.25, 0.3) is 0 Å². The van der Waals surface area contributed by atoms with E-state index in [-0.39, 0.29) is 5.91 Å². The Kier molecular flexibility index (Phi) is 7.14. The van der Waals surface area contributed by atoms with Gasteiger partial charge in [-0.15, -0.1) is 0 Å². The molecule has 130 valence electrons. The highest BCUT2D eigenvalue weighted by molar-refractivity contribution is 5.99. The summed E-state index contributed by atoms with van der Waals surface area (Å²) in [5.41, 5.74) is 0.447. The largest absolute Gasteiger partial charge is 0.496 e. The monoisotopic (exact) mass is 331 g/mol. The van der Waals surface area contributed by atoms with E-state index in [2.05, 4.69) is 14.9 Å². The number of hydrogen-bond donors (Lipinski definition) is 1. The van der Waals surface area contributed by atoms with E-state index >= 15 is 0 Å². The van der Waals surface area contributed by atoms with Crippen LogP contribution in [0.1, 0.15) is 36.0 Å². The van der Waals surface area contributed by atoms with Crippen molar-refractivity contribution in [2.45, 2.75) is 32.2 Å². The van der Waals surface area contributed by atoms with Gasteiger partial charge in [-0.3, -0.25) is 4.79 Å². The van der Waals surface area contributed by atoms with E-state index in [4.69, 9.17) is 9.47 Å². The smallest absolute Gasteiger partial charge is 0.258 e. The fraction of sp³-hybridized carbons (Fsp3) is 0.444. The van der Waals surface area contributed by atoms with E-state index in [0.29, 0.717) is 23.6 Å². The number of aryl methyl sites for hydroxylation is 1. The fourth-order valence-electron chi connectivity index (χ4n) is 2.56. The van der Waals surface area contributed by atoms with E-state index in [1.165, 1.54) is 0 Å². The second-order valence-electron chi connectivity index (χ2n) is 5.51. The van der Waals surface area contributed by atoms with Crippen LogP contribution in [0, 0.1) is 0 Å². The second-order valence-corrected chi connectivity index (χ2v) is 5.51.